The van der Waals surface area contributed by atoms with Crippen molar-refractivity contribution in [2.45, 2.75) is 163 Å². The highest BCUT2D eigenvalue weighted by Crippen LogP contribution is 2.53. The molecule has 4 heteroatoms. The minimum atomic E-state index is -0.128. The minimum Gasteiger partial charge on any atom is -0.468 e. The Morgan fingerprint density at radius 1 is 0.493 bits per heavy atom. The standard InChI is InChI=1S/C63H73BN2O/c1-38-32-52-55-53(33-38)66(50-28-24-42(60(8,9)10)34-45(50)39-18-20-40(21-19-39)58(2,3)4)51-37-48-47(62(14,15)30-31-63(48,16)17)36-49(51)64(55)57-56(46-35-43(61(11,12)13)25-29-54(46)67-57)65(52)44-26-22-41(23-27-44)59(5,6)7/h18-29,32-37H,30-31H2,1-17H3. The molecule has 1 aromatic heterocycles. The molecule has 1 aliphatic carbocycles. The summed E-state index contributed by atoms with van der Waals surface area (Å²) in [5.74, 6) is 0. The van der Waals surface area contributed by atoms with Gasteiger partial charge in [-0.05, 0) is 162 Å². The lowest BCUT2D eigenvalue weighted by molar-refractivity contribution is 0.332. The summed E-state index contributed by atoms with van der Waals surface area (Å²) in [4.78, 5) is 5.20. The first-order valence-corrected chi connectivity index (χ1v) is 25.0. The Morgan fingerprint density at radius 3 is 1.55 bits per heavy atom. The maximum atomic E-state index is 7.43. The molecule has 2 aliphatic heterocycles. The third kappa shape index (κ3) is 7.39. The molecule has 0 saturated heterocycles. The van der Waals surface area contributed by atoms with E-state index in [1.807, 2.05) is 0 Å². The monoisotopic (exact) mass is 885 g/mol. The fourth-order valence-electron chi connectivity index (χ4n) is 11.4. The zero-order valence-corrected chi connectivity index (χ0v) is 43.7. The molecule has 10 rings (SSSR count). The van der Waals surface area contributed by atoms with Crippen molar-refractivity contribution in [3.05, 3.63) is 148 Å². The molecular weight excluding hydrogens is 812 g/mol. The van der Waals surface area contributed by atoms with E-state index in [0.717, 1.165) is 40.8 Å². The Labute approximate surface area is 403 Å². The van der Waals surface area contributed by atoms with Crippen LogP contribution in [0.5, 0.6) is 0 Å². The third-order valence-corrected chi connectivity index (χ3v) is 15.8. The topological polar surface area (TPSA) is 19.6 Å². The molecule has 0 radical (unpaired) electrons. The molecule has 6 aromatic carbocycles. The van der Waals surface area contributed by atoms with Crippen LogP contribution >= 0.6 is 0 Å². The average Bonchev–Trinajstić information content (AvgIpc) is 3.62. The molecule has 67 heavy (non-hydrogen) atoms. The van der Waals surface area contributed by atoms with Crippen molar-refractivity contribution < 1.29 is 4.42 Å². The normalized spacial score (nSPS) is 16.5. The Kier molecular flexibility index (Phi) is 9.98. The number of hydrogen-bond acceptors (Lipinski definition) is 3. The average molecular weight is 885 g/mol. The molecule has 3 heterocycles. The Morgan fingerprint density at radius 2 is 0.985 bits per heavy atom. The summed E-state index contributed by atoms with van der Waals surface area (Å²) in [6.45, 7) is 39.8. The van der Waals surface area contributed by atoms with E-state index in [-0.39, 0.29) is 39.2 Å². The molecule has 3 aliphatic rings. The first kappa shape index (κ1) is 45.3. The van der Waals surface area contributed by atoms with E-state index in [1.165, 1.54) is 83.7 Å². The molecule has 0 amide bonds. The van der Waals surface area contributed by atoms with E-state index >= 15 is 0 Å². The number of rotatable bonds is 3. The van der Waals surface area contributed by atoms with Gasteiger partial charge in [-0.15, -0.1) is 0 Å². The van der Waals surface area contributed by atoms with Gasteiger partial charge in [0.25, 0.3) is 6.71 Å². The number of benzene rings is 6. The van der Waals surface area contributed by atoms with Crippen molar-refractivity contribution in [1.82, 2.24) is 0 Å². The van der Waals surface area contributed by atoms with Crippen LogP contribution in [0.1, 0.15) is 163 Å². The summed E-state index contributed by atoms with van der Waals surface area (Å²) in [6.07, 6.45) is 2.29. The smallest absolute Gasteiger partial charge is 0.297 e. The Balaban J connectivity index is 1.34. The van der Waals surface area contributed by atoms with Crippen molar-refractivity contribution in [3.8, 4) is 11.1 Å². The highest BCUT2D eigenvalue weighted by Gasteiger charge is 2.49. The van der Waals surface area contributed by atoms with Crippen LogP contribution in [0, 0.1) is 6.92 Å². The summed E-state index contributed by atoms with van der Waals surface area (Å²) >= 11 is 0. The van der Waals surface area contributed by atoms with Crippen molar-refractivity contribution in [1.29, 1.82) is 0 Å². The van der Waals surface area contributed by atoms with Gasteiger partial charge in [-0.25, -0.2) is 0 Å². The second-order valence-electron chi connectivity index (χ2n) is 25.9. The summed E-state index contributed by atoms with van der Waals surface area (Å²) in [6, 6.07) is 43.1. The van der Waals surface area contributed by atoms with Gasteiger partial charge in [0.05, 0.1) is 17.0 Å². The van der Waals surface area contributed by atoms with Crippen LogP contribution in [-0.4, -0.2) is 6.71 Å². The van der Waals surface area contributed by atoms with E-state index in [4.69, 9.17) is 4.42 Å². The van der Waals surface area contributed by atoms with Crippen molar-refractivity contribution in [3.63, 3.8) is 0 Å². The van der Waals surface area contributed by atoms with Crippen LogP contribution in [-0.2, 0) is 32.5 Å². The molecule has 0 N–H and O–H groups in total. The number of aryl methyl sites for hydroxylation is 1. The van der Waals surface area contributed by atoms with Gasteiger partial charge >= 0.3 is 0 Å². The summed E-state index contributed by atoms with van der Waals surface area (Å²) in [5, 5.41) is 1.16. The minimum absolute atomic E-state index is 0.0156. The second kappa shape index (κ2) is 14.8. The van der Waals surface area contributed by atoms with Crippen LogP contribution in [0.25, 0.3) is 22.1 Å². The molecule has 7 aromatic rings. The predicted molar refractivity (Wildman–Crippen MR) is 290 cm³/mol. The third-order valence-electron chi connectivity index (χ3n) is 15.8. The van der Waals surface area contributed by atoms with Gasteiger partial charge in [-0.1, -0.05) is 165 Å². The quantitative estimate of drug-likeness (QED) is 0.165. The van der Waals surface area contributed by atoms with Crippen LogP contribution in [0.3, 0.4) is 0 Å². The van der Waals surface area contributed by atoms with Gasteiger partial charge in [0.15, 0.2) is 0 Å². The Hall–Kier alpha value is -5.48. The maximum Gasteiger partial charge on any atom is 0.297 e. The highest BCUT2D eigenvalue weighted by atomic mass is 16.3. The SMILES string of the molecule is Cc1cc2c3c(c1)N(c1ccc(C(C)(C)C)cc1)c1c(oc4ccc(C(C)(C)C)cc14)B3c1cc3c(cc1N2c1ccc(C(C)(C)C)cc1-c1ccc(C(C)(C)C)cc1)C(C)(C)CCC3(C)C. The van der Waals surface area contributed by atoms with E-state index in [2.05, 4.69) is 237 Å². The van der Waals surface area contributed by atoms with Gasteiger partial charge in [0.1, 0.15) is 5.58 Å². The predicted octanol–water partition coefficient (Wildman–Crippen LogP) is 16.0. The number of furan rings is 1. The van der Waals surface area contributed by atoms with E-state index in [0.29, 0.717) is 0 Å². The zero-order chi connectivity index (χ0) is 48.1. The fourth-order valence-corrected chi connectivity index (χ4v) is 11.4. The zero-order valence-electron chi connectivity index (χ0n) is 43.7. The summed E-state index contributed by atoms with van der Waals surface area (Å²) < 4.78 is 7.43. The summed E-state index contributed by atoms with van der Waals surface area (Å²) in [5.41, 5.74) is 23.7. The van der Waals surface area contributed by atoms with Gasteiger partial charge in [-0.3, -0.25) is 0 Å². The number of hydrogen-bond donors (Lipinski definition) is 0. The van der Waals surface area contributed by atoms with E-state index < -0.39 is 0 Å². The molecule has 344 valence electrons. The van der Waals surface area contributed by atoms with Crippen molar-refractivity contribution >= 4 is 68.4 Å². The van der Waals surface area contributed by atoms with Crippen molar-refractivity contribution in [2.75, 3.05) is 9.80 Å². The molecule has 0 saturated carbocycles. The fraction of sp³-hybridized carbons (Fsp3) is 0.397. The van der Waals surface area contributed by atoms with Gasteiger partial charge in [0.2, 0.25) is 0 Å². The van der Waals surface area contributed by atoms with Gasteiger partial charge in [0, 0.05) is 33.7 Å². The Bertz CT molecular complexity index is 3110. The van der Waals surface area contributed by atoms with Gasteiger partial charge < -0.3 is 14.2 Å². The first-order valence-electron chi connectivity index (χ1n) is 25.0. The molecule has 0 fully saturated rings. The first-order chi connectivity index (χ1) is 31.1. The van der Waals surface area contributed by atoms with Crippen LogP contribution in [0.4, 0.5) is 34.1 Å². The lowest BCUT2D eigenvalue weighted by Crippen LogP contribution is -2.61. The molecule has 0 unspecified atom stereocenters. The van der Waals surface area contributed by atoms with Gasteiger partial charge in [-0.2, -0.15) is 0 Å². The number of anilines is 6. The largest absolute Gasteiger partial charge is 0.468 e. The lowest BCUT2D eigenvalue weighted by Gasteiger charge is -2.47. The molecule has 0 spiro atoms. The summed E-state index contributed by atoms with van der Waals surface area (Å²) in [7, 11) is 0. The van der Waals surface area contributed by atoms with Crippen molar-refractivity contribution in [2.24, 2.45) is 0 Å². The molecular formula is C63H73BN2O. The second-order valence-corrected chi connectivity index (χ2v) is 25.9. The van der Waals surface area contributed by atoms with Crippen LogP contribution < -0.4 is 26.4 Å². The maximum absolute atomic E-state index is 7.43. The lowest BCUT2D eigenvalue weighted by atomic mass is 9.35. The van der Waals surface area contributed by atoms with Crippen LogP contribution in [0.15, 0.2) is 114 Å². The highest BCUT2D eigenvalue weighted by molar-refractivity contribution is 7.00. The number of fused-ring (bicyclic) bond motifs is 7. The van der Waals surface area contributed by atoms with Crippen LogP contribution in [0.2, 0.25) is 0 Å². The van der Waals surface area contributed by atoms with E-state index in [9.17, 15) is 0 Å². The molecule has 3 nitrogen and oxygen atoms in total. The molecule has 0 atom stereocenters. The molecule has 0 bridgehead atoms. The van der Waals surface area contributed by atoms with E-state index in [1.54, 1.807) is 0 Å². The number of nitrogens with zero attached hydrogens (tertiary/aromatic N) is 2.